The van der Waals surface area contributed by atoms with Crippen LogP contribution in [0.4, 0.5) is 5.69 Å². The first-order valence-electron chi connectivity index (χ1n) is 13.0. The molecule has 7 heteroatoms. The number of amidine groups is 1. The zero-order valence-electron chi connectivity index (χ0n) is 20.7. The standard InChI is InChI=1S/C28H37N5O2/c1-2-27(29)32-15-13-31(14-16-32)24-7-8-26-22(17-24)10-12-33(28(26)35)20-25(34)19-30-11-9-21-5-3-4-6-23(21)18-30/h3-8,17,25,29,34H,2,9-16,18-20H2,1H3/t25-/m1/s1. The first-order valence-corrected chi connectivity index (χ1v) is 13.0. The summed E-state index contributed by atoms with van der Waals surface area (Å²) in [6, 6.07) is 14.7. The van der Waals surface area contributed by atoms with Crippen molar-refractivity contribution in [3.05, 3.63) is 64.7 Å². The van der Waals surface area contributed by atoms with E-state index >= 15 is 0 Å². The molecule has 2 aromatic rings. The zero-order valence-corrected chi connectivity index (χ0v) is 20.7. The van der Waals surface area contributed by atoms with Crippen molar-refractivity contribution < 1.29 is 9.90 Å². The third-order valence-electron chi connectivity index (χ3n) is 7.73. The highest BCUT2D eigenvalue weighted by atomic mass is 16.3. The smallest absolute Gasteiger partial charge is 0.254 e. The largest absolute Gasteiger partial charge is 0.390 e. The maximum atomic E-state index is 13.2. The average molecular weight is 476 g/mol. The fraction of sp³-hybridized carbons (Fsp3) is 0.500. The molecule has 0 spiro atoms. The minimum Gasteiger partial charge on any atom is -0.390 e. The number of amides is 1. The Labute approximate surface area is 208 Å². The number of hydrogen-bond acceptors (Lipinski definition) is 5. The molecule has 5 rings (SSSR count). The molecule has 3 aliphatic rings. The molecule has 186 valence electrons. The van der Waals surface area contributed by atoms with Crippen molar-refractivity contribution in [2.45, 2.75) is 38.8 Å². The van der Waals surface area contributed by atoms with E-state index in [4.69, 9.17) is 5.41 Å². The van der Waals surface area contributed by atoms with Gasteiger partial charge in [-0.15, -0.1) is 0 Å². The number of aliphatic hydroxyl groups is 1. The number of fused-ring (bicyclic) bond motifs is 2. The summed E-state index contributed by atoms with van der Waals surface area (Å²) in [5.41, 5.74) is 5.79. The van der Waals surface area contributed by atoms with E-state index in [-0.39, 0.29) is 5.91 Å². The number of hydrogen-bond donors (Lipinski definition) is 2. The van der Waals surface area contributed by atoms with Crippen LogP contribution in [0.3, 0.4) is 0 Å². The molecule has 2 N–H and O–H groups in total. The summed E-state index contributed by atoms with van der Waals surface area (Å²) in [6.07, 6.45) is 2.05. The first-order chi connectivity index (χ1) is 17.0. The van der Waals surface area contributed by atoms with Crippen LogP contribution in [-0.4, -0.2) is 90.0 Å². The predicted octanol–water partition coefficient (Wildman–Crippen LogP) is 2.61. The number of carbonyl (C=O) groups is 1. The molecule has 2 aromatic carbocycles. The maximum Gasteiger partial charge on any atom is 0.254 e. The van der Waals surface area contributed by atoms with Gasteiger partial charge in [0.05, 0.1) is 11.9 Å². The SMILES string of the molecule is CCC(=N)N1CCN(c2ccc3c(c2)CCN(C[C@H](O)CN2CCc4ccccc4C2)C3=O)CC1. The average Bonchev–Trinajstić information content (AvgIpc) is 2.89. The molecule has 0 bridgehead atoms. The molecule has 0 aliphatic carbocycles. The molecule has 0 radical (unpaired) electrons. The van der Waals surface area contributed by atoms with Gasteiger partial charge in [0.2, 0.25) is 0 Å². The van der Waals surface area contributed by atoms with Crippen LogP contribution in [0.2, 0.25) is 0 Å². The summed E-state index contributed by atoms with van der Waals surface area (Å²) < 4.78 is 0. The fourth-order valence-electron chi connectivity index (χ4n) is 5.67. The van der Waals surface area contributed by atoms with Crippen LogP contribution in [-0.2, 0) is 19.4 Å². The van der Waals surface area contributed by atoms with E-state index < -0.39 is 6.10 Å². The Morgan fingerprint density at radius 2 is 1.69 bits per heavy atom. The molecular formula is C28H37N5O2. The highest BCUT2D eigenvalue weighted by Gasteiger charge is 2.28. The van der Waals surface area contributed by atoms with Crippen LogP contribution < -0.4 is 4.90 Å². The summed E-state index contributed by atoms with van der Waals surface area (Å²) in [5.74, 6) is 0.745. The molecule has 1 amide bonds. The van der Waals surface area contributed by atoms with Crippen LogP contribution >= 0.6 is 0 Å². The molecular weight excluding hydrogens is 438 g/mol. The van der Waals surface area contributed by atoms with E-state index in [2.05, 4.69) is 51.1 Å². The third-order valence-corrected chi connectivity index (χ3v) is 7.73. The molecule has 1 fully saturated rings. The minimum atomic E-state index is -0.553. The van der Waals surface area contributed by atoms with Crippen LogP contribution in [0.15, 0.2) is 42.5 Å². The lowest BCUT2D eigenvalue weighted by Crippen LogP contribution is -2.48. The van der Waals surface area contributed by atoms with Gasteiger partial charge in [0.15, 0.2) is 0 Å². The highest BCUT2D eigenvalue weighted by molar-refractivity contribution is 5.97. The van der Waals surface area contributed by atoms with Crippen molar-refractivity contribution in [3.63, 3.8) is 0 Å². The van der Waals surface area contributed by atoms with Gasteiger partial charge in [0.1, 0.15) is 0 Å². The normalized spacial score (nSPS) is 19.4. The number of carbonyl (C=O) groups excluding carboxylic acids is 1. The Morgan fingerprint density at radius 3 is 2.46 bits per heavy atom. The summed E-state index contributed by atoms with van der Waals surface area (Å²) in [7, 11) is 0. The van der Waals surface area contributed by atoms with Gasteiger partial charge in [0, 0.05) is 76.6 Å². The minimum absolute atomic E-state index is 0.0297. The van der Waals surface area contributed by atoms with Crippen molar-refractivity contribution in [1.82, 2.24) is 14.7 Å². The maximum absolute atomic E-state index is 13.2. The van der Waals surface area contributed by atoms with Crippen molar-refractivity contribution in [2.24, 2.45) is 0 Å². The topological polar surface area (TPSA) is 74.1 Å². The van der Waals surface area contributed by atoms with Crippen LogP contribution in [0.5, 0.6) is 0 Å². The number of nitrogens with zero attached hydrogens (tertiary/aromatic N) is 4. The number of aliphatic hydroxyl groups excluding tert-OH is 1. The first kappa shape index (κ1) is 23.8. The molecule has 0 aromatic heterocycles. The lowest BCUT2D eigenvalue weighted by Gasteiger charge is -2.38. The van der Waals surface area contributed by atoms with Crippen molar-refractivity contribution in [1.29, 1.82) is 5.41 Å². The van der Waals surface area contributed by atoms with Crippen molar-refractivity contribution in [2.75, 3.05) is 57.3 Å². The van der Waals surface area contributed by atoms with Gasteiger partial charge in [-0.25, -0.2) is 0 Å². The molecule has 7 nitrogen and oxygen atoms in total. The predicted molar refractivity (Wildman–Crippen MR) is 139 cm³/mol. The van der Waals surface area contributed by atoms with Gasteiger partial charge in [-0.3, -0.25) is 15.1 Å². The van der Waals surface area contributed by atoms with Gasteiger partial charge in [0.25, 0.3) is 5.91 Å². The Balaban J connectivity index is 1.16. The van der Waals surface area contributed by atoms with Gasteiger partial charge >= 0.3 is 0 Å². The van der Waals surface area contributed by atoms with E-state index in [9.17, 15) is 9.90 Å². The van der Waals surface area contributed by atoms with E-state index in [0.717, 1.165) is 75.3 Å². The van der Waals surface area contributed by atoms with Gasteiger partial charge in [-0.05, 0) is 47.7 Å². The van der Waals surface area contributed by atoms with E-state index in [0.29, 0.717) is 25.5 Å². The van der Waals surface area contributed by atoms with Crippen LogP contribution in [0, 0.1) is 5.41 Å². The summed E-state index contributed by atoms with van der Waals surface area (Å²) in [6.45, 7) is 8.99. The molecule has 0 unspecified atom stereocenters. The second kappa shape index (κ2) is 10.4. The Kier molecular flexibility index (Phi) is 7.07. The molecule has 1 atom stereocenters. The Hall–Kier alpha value is -2.90. The third kappa shape index (κ3) is 5.21. The molecule has 35 heavy (non-hydrogen) atoms. The Bertz CT molecular complexity index is 1080. The number of piperazine rings is 1. The quantitative estimate of drug-likeness (QED) is 0.496. The molecule has 0 saturated carbocycles. The van der Waals surface area contributed by atoms with Gasteiger partial charge < -0.3 is 19.8 Å². The number of nitrogens with one attached hydrogen (secondary N) is 1. The van der Waals surface area contributed by atoms with Crippen LogP contribution in [0.1, 0.15) is 40.4 Å². The summed E-state index contributed by atoms with van der Waals surface area (Å²) in [5, 5.41) is 18.9. The van der Waals surface area contributed by atoms with Crippen LogP contribution in [0.25, 0.3) is 0 Å². The summed E-state index contributed by atoms with van der Waals surface area (Å²) >= 11 is 0. The zero-order chi connectivity index (χ0) is 24.4. The lowest BCUT2D eigenvalue weighted by atomic mass is 9.97. The molecule has 3 aliphatic heterocycles. The lowest BCUT2D eigenvalue weighted by molar-refractivity contribution is 0.0493. The van der Waals surface area contributed by atoms with Gasteiger partial charge in [-0.1, -0.05) is 31.2 Å². The number of rotatable bonds is 6. The monoisotopic (exact) mass is 475 g/mol. The molecule has 1 saturated heterocycles. The van der Waals surface area contributed by atoms with E-state index in [1.165, 1.54) is 11.1 Å². The summed E-state index contributed by atoms with van der Waals surface area (Å²) in [4.78, 5) is 21.8. The number of β-amino-alcohol motifs (C(OH)–C–C–N with tert-alkyl or cyclic N) is 1. The fourth-order valence-corrected chi connectivity index (χ4v) is 5.67. The Morgan fingerprint density at radius 1 is 0.943 bits per heavy atom. The van der Waals surface area contributed by atoms with Crippen molar-refractivity contribution >= 4 is 17.4 Å². The van der Waals surface area contributed by atoms with E-state index in [1.54, 1.807) is 0 Å². The highest BCUT2D eigenvalue weighted by Crippen LogP contribution is 2.26. The number of benzene rings is 2. The number of anilines is 1. The van der Waals surface area contributed by atoms with Crippen molar-refractivity contribution in [3.8, 4) is 0 Å². The molecule has 3 heterocycles. The second-order valence-electron chi connectivity index (χ2n) is 10.0. The van der Waals surface area contributed by atoms with E-state index in [1.807, 2.05) is 17.9 Å². The second-order valence-corrected chi connectivity index (χ2v) is 10.0. The van der Waals surface area contributed by atoms with Gasteiger partial charge in [-0.2, -0.15) is 0 Å².